The molecule has 0 aromatic heterocycles. The smallest absolute Gasteiger partial charge is 0.107 e. The van der Waals surface area contributed by atoms with Crippen molar-refractivity contribution in [3.8, 4) is 0 Å². The molecule has 2 radical (unpaired) electrons. The number of hydrogen-bond donors (Lipinski definition) is 0. The van der Waals surface area contributed by atoms with Crippen LogP contribution in [-0.2, 0) is 0 Å². The predicted octanol–water partition coefficient (Wildman–Crippen LogP) is 2.53. The van der Waals surface area contributed by atoms with E-state index >= 15 is 0 Å². The first kappa shape index (κ1) is 10.8. The van der Waals surface area contributed by atoms with Gasteiger partial charge in [-0.2, -0.15) is 0 Å². The second kappa shape index (κ2) is 3.69. The number of amidine groups is 1. The van der Waals surface area contributed by atoms with Gasteiger partial charge in [-0.05, 0) is 24.8 Å². The highest BCUT2D eigenvalue weighted by Gasteiger charge is 2.31. The van der Waals surface area contributed by atoms with Gasteiger partial charge in [0.05, 0.1) is 7.85 Å². The Morgan fingerprint density at radius 1 is 1.47 bits per heavy atom. The van der Waals surface area contributed by atoms with Crippen molar-refractivity contribution in [1.29, 1.82) is 0 Å². The van der Waals surface area contributed by atoms with Crippen LogP contribution in [0.5, 0.6) is 0 Å². The molecule has 1 aliphatic carbocycles. The third-order valence-corrected chi connectivity index (χ3v) is 3.61. The maximum Gasteiger partial charge on any atom is 0.107 e. The summed E-state index contributed by atoms with van der Waals surface area (Å²) < 4.78 is 0. The van der Waals surface area contributed by atoms with Crippen molar-refractivity contribution in [1.82, 2.24) is 4.90 Å². The topological polar surface area (TPSA) is 15.6 Å². The van der Waals surface area contributed by atoms with Gasteiger partial charge in [0.15, 0.2) is 0 Å². The van der Waals surface area contributed by atoms with Gasteiger partial charge in [0.1, 0.15) is 5.84 Å². The van der Waals surface area contributed by atoms with Crippen molar-refractivity contribution in [3.05, 3.63) is 11.3 Å². The zero-order chi connectivity index (χ0) is 11.1. The van der Waals surface area contributed by atoms with Crippen molar-refractivity contribution in [2.24, 2.45) is 4.99 Å². The summed E-state index contributed by atoms with van der Waals surface area (Å²) in [5, 5.41) is -0.0128. The molecule has 3 heteroatoms. The summed E-state index contributed by atoms with van der Waals surface area (Å²) in [6, 6.07) is 0. The SMILES string of the molecule is [B]C1(C)CCCC2=C(CC(=NC)N2C)C1. The van der Waals surface area contributed by atoms with E-state index in [-0.39, 0.29) is 5.31 Å². The minimum Gasteiger partial charge on any atom is -0.337 e. The van der Waals surface area contributed by atoms with E-state index in [4.69, 9.17) is 7.85 Å². The maximum absolute atomic E-state index is 6.27. The van der Waals surface area contributed by atoms with Crippen molar-refractivity contribution >= 4 is 13.7 Å². The van der Waals surface area contributed by atoms with Crippen LogP contribution in [0.3, 0.4) is 0 Å². The van der Waals surface area contributed by atoms with Crippen molar-refractivity contribution < 1.29 is 0 Å². The first-order valence-corrected chi connectivity index (χ1v) is 5.73. The van der Waals surface area contributed by atoms with E-state index in [1.165, 1.54) is 23.5 Å². The summed E-state index contributed by atoms with van der Waals surface area (Å²) in [5.41, 5.74) is 2.99. The molecule has 2 aliphatic rings. The molecular formula is C12H19BN2. The molecule has 0 aromatic rings. The molecule has 0 saturated carbocycles. The van der Waals surface area contributed by atoms with Crippen molar-refractivity contribution in [3.63, 3.8) is 0 Å². The average Bonchev–Trinajstić information content (AvgIpc) is 2.37. The number of nitrogens with zero attached hydrogens (tertiary/aromatic N) is 2. The first-order chi connectivity index (χ1) is 7.03. The largest absolute Gasteiger partial charge is 0.337 e. The summed E-state index contributed by atoms with van der Waals surface area (Å²) >= 11 is 0. The van der Waals surface area contributed by atoms with Gasteiger partial charge in [0, 0.05) is 26.2 Å². The Hall–Kier alpha value is -0.725. The fourth-order valence-corrected chi connectivity index (χ4v) is 2.78. The normalized spacial score (nSPS) is 34.6. The van der Waals surface area contributed by atoms with Gasteiger partial charge >= 0.3 is 0 Å². The zero-order valence-electron chi connectivity index (χ0n) is 10.0. The van der Waals surface area contributed by atoms with E-state index in [1.807, 2.05) is 7.05 Å². The zero-order valence-corrected chi connectivity index (χ0v) is 10.0. The van der Waals surface area contributed by atoms with Crippen LogP contribution in [0.15, 0.2) is 16.3 Å². The minimum atomic E-state index is -0.0128. The van der Waals surface area contributed by atoms with Gasteiger partial charge in [-0.1, -0.05) is 18.7 Å². The minimum absolute atomic E-state index is 0.0128. The molecule has 0 fully saturated rings. The number of allylic oxidation sites excluding steroid dienone is 1. The van der Waals surface area contributed by atoms with Crippen LogP contribution in [0.4, 0.5) is 0 Å². The summed E-state index contributed by atoms with van der Waals surface area (Å²) in [6.07, 6.45) is 5.54. The van der Waals surface area contributed by atoms with Gasteiger partial charge in [-0.15, -0.1) is 0 Å². The lowest BCUT2D eigenvalue weighted by molar-refractivity contribution is 0.529. The van der Waals surface area contributed by atoms with Gasteiger partial charge < -0.3 is 4.90 Å². The molecule has 15 heavy (non-hydrogen) atoms. The molecule has 0 spiro atoms. The fourth-order valence-electron chi connectivity index (χ4n) is 2.78. The van der Waals surface area contributed by atoms with Gasteiger partial charge in [0.25, 0.3) is 0 Å². The third kappa shape index (κ3) is 1.97. The molecule has 1 unspecified atom stereocenters. The Balaban J connectivity index is 2.26. The van der Waals surface area contributed by atoms with E-state index in [9.17, 15) is 0 Å². The molecule has 1 atom stereocenters. The summed E-state index contributed by atoms with van der Waals surface area (Å²) in [5.74, 6) is 1.19. The molecule has 2 rings (SSSR count). The monoisotopic (exact) mass is 202 g/mol. The summed E-state index contributed by atoms with van der Waals surface area (Å²) in [6.45, 7) is 2.17. The molecule has 1 aliphatic heterocycles. The highest BCUT2D eigenvalue weighted by molar-refractivity contribution is 6.15. The number of hydrogen-bond acceptors (Lipinski definition) is 1. The third-order valence-electron chi connectivity index (χ3n) is 3.61. The van der Waals surface area contributed by atoms with E-state index < -0.39 is 0 Å². The molecule has 0 bridgehead atoms. The van der Waals surface area contributed by atoms with Crippen molar-refractivity contribution in [2.75, 3.05) is 14.1 Å². The van der Waals surface area contributed by atoms with Gasteiger partial charge in [-0.3, -0.25) is 4.99 Å². The van der Waals surface area contributed by atoms with Crippen molar-refractivity contribution in [2.45, 2.75) is 44.3 Å². The maximum atomic E-state index is 6.27. The lowest BCUT2D eigenvalue weighted by atomic mass is 9.64. The number of aliphatic imine (C=N–C) groups is 1. The average molecular weight is 202 g/mol. The highest BCUT2D eigenvalue weighted by Crippen LogP contribution is 2.44. The Kier molecular flexibility index (Phi) is 2.65. The van der Waals surface area contributed by atoms with E-state index in [1.54, 1.807) is 0 Å². The van der Waals surface area contributed by atoms with Crippen LogP contribution >= 0.6 is 0 Å². The molecular weight excluding hydrogens is 183 g/mol. The van der Waals surface area contributed by atoms with Crippen LogP contribution in [0.2, 0.25) is 5.31 Å². The van der Waals surface area contributed by atoms with E-state index in [0.29, 0.717) is 0 Å². The lowest BCUT2D eigenvalue weighted by Crippen LogP contribution is -2.20. The lowest BCUT2D eigenvalue weighted by Gasteiger charge is -2.23. The number of rotatable bonds is 0. The Morgan fingerprint density at radius 3 is 2.87 bits per heavy atom. The Labute approximate surface area is 93.9 Å². The second-order valence-corrected chi connectivity index (χ2v) is 5.11. The molecule has 0 aromatic carbocycles. The van der Waals surface area contributed by atoms with Crippen LogP contribution in [0.1, 0.15) is 39.0 Å². The molecule has 2 nitrogen and oxygen atoms in total. The van der Waals surface area contributed by atoms with Crippen LogP contribution in [0, 0.1) is 0 Å². The van der Waals surface area contributed by atoms with Gasteiger partial charge in [-0.25, -0.2) is 0 Å². The predicted molar refractivity (Wildman–Crippen MR) is 65.4 cm³/mol. The van der Waals surface area contributed by atoms with E-state index in [0.717, 1.165) is 25.7 Å². The molecule has 0 N–H and O–H groups in total. The first-order valence-electron chi connectivity index (χ1n) is 5.73. The Bertz CT molecular complexity index is 329. The highest BCUT2D eigenvalue weighted by atomic mass is 15.2. The standard InChI is InChI=1S/C12H19BN2/c1-12(13)6-4-5-10-9(8-12)7-11(14-2)15(10)3/h4-8H2,1-3H3. The fraction of sp³-hybridized carbons (Fsp3) is 0.750. The second-order valence-electron chi connectivity index (χ2n) is 5.11. The summed E-state index contributed by atoms with van der Waals surface area (Å²) in [7, 11) is 10.3. The molecule has 80 valence electrons. The van der Waals surface area contributed by atoms with Crippen LogP contribution in [0.25, 0.3) is 0 Å². The summed E-state index contributed by atoms with van der Waals surface area (Å²) in [4.78, 5) is 6.59. The molecule has 0 saturated heterocycles. The van der Waals surface area contributed by atoms with E-state index in [2.05, 4.69) is 23.9 Å². The quantitative estimate of drug-likeness (QED) is 0.551. The molecule has 0 amide bonds. The van der Waals surface area contributed by atoms with Gasteiger partial charge in [0.2, 0.25) is 0 Å². The Morgan fingerprint density at radius 2 is 2.20 bits per heavy atom. The van der Waals surface area contributed by atoms with Crippen LogP contribution < -0.4 is 0 Å². The van der Waals surface area contributed by atoms with Crippen LogP contribution in [-0.4, -0.2) is 32.7 Å². The molecule has 1 heterocycles.